The van der Waals surface area contributed by atoms with E-state index in [1.807, 2.05) is 18.2 Å². The number of benzene rings is 1. The highest BCUT2D eigenvalue weighted by atomic mass is 35.5. The van der Waals surface area contributed by atoms with E-state index in [4.69, 9.17) is 29.6 Å². The molecule has 0 saturated heterocycles. The van der Waals surface area contributed by atoms with Crippen LogP contribution in [0.25, 0.3) is 0 Å². The number of hydrogen-bond acceptors (Lipinski definition) is 2. The van der Waals surface area contributed by atoms with Gasteiger partial charge in [-0.25, -0.2) is 0 Å². The van der Waals surface area contributed by atoms with Crippen molar-refractivity contribution in [3.05, 3.63) is 28.8 Å². The van der Waals surface area contributed by atoms with Gasteiger partial charge in [0, 0.05) is 22.3 Å². The molecule has 2 saturated carbocycles. The fraction of sp³-hybridized carbons (Fsp3) is 0.500. The predicted molar refractivity (Wildman–Crippen MR) is 80.2 cm³/mol. The summed E-state index contributed by atoms with van der Waals surface area (Å²) in [5, 5.41) is 4.33. The van der Waals surface area contributed by atoms with Crippen LogP contribution < -0.4 is 11.1 Å². The third-order valence-corrected chi connectivity index (χ3v) is 4.28. The monoisotopic (exact) mass is 280 g/mol. The van der Waals surface area contributed by atoms with Gasteiger partial charge in [0.25, 0.3) is 0 Å². The van der Waals surface area contributed by atoms with Crippen LogP contribution >= 0.6 is 23.8 Å². The Morgan fingerprint density at radius 2 is 1.89 bits per heavy atom. The molecule has 0 bridgehead atoms. The van der Waals surface area contributed by atoms with E-state index in [0.29, 0.717) is 16.1 Å². The normalized spacial score (nSPS) is 19.0. The molecular weight excluding hydrogens is 264 g/mol. The molecule has 0 amide bonds. The van der Waals surface area contributed by atoms with Gasteiger partial charge in [-0.05, 0) is 55.7 Å². The molecule has 4 heteroatoms. The summed E-state index contributed by atoms with van der Waals surface area (Å²) in [6.45, 7) is 0. The highest BCUT2D eigenvalue weighted by molar-refractivity contribution is 7.80. The summed E-state index contributed by atoms with van der Waals surface area (Å²) in [5.74, 6) is 1.68. The summed E-state index contributed by atoms with van der Waals surface area (Å²) in [6, 6.07) is 6.33. The Morgan fingerprint density at radius 1 is 1.28 bits per heavy atom. The average Bonchev–Trinajstić information content (AvgIpc) is 3.19. The minimum absolute atomic E-state index is 0.408. The Kier molecular flexibility index (Phi) is 3.20. The second kappa shape index (κ2) is 4.71. The molecule has 18 heavy (non-hydrogen) atoms. The third kappa shape index (κ3) is 2.62. The molecule has 2 aliphatic carbocycles. The van der Waals surface area contributed by atoms with Crippen LogP contribution in [0.2, 0.25) is 5.02 Å². The Bertz CT molecular complexity index is 469. The maximum absolute atomic E-state index is 6.00. The van der Waals surface area contributed by atoms with Crippen molar-refractivity contribution in [3.63, 3.8) is 0 Å². The number of nitrogens with two attached hydrogens (primary N) is 1. The first-order valence-electron chi connectivity index (χ1n) is 6.51. The molecule has 3 rings (SSSR count). The van der Waals surface area contributed by atoms with Gasteiger partial charge in [0.15, 0.2) is 0 Å². The van der Waals surface area contributed by atoms with Crippen LogP contribution in [-0.4, -0.2) is 11.0 Å². The lowest BCUT2D eigenvalue weighted by Crippen LogP contribution is -2.26. The Balaban J connectivity index is 1.84. The molecule has 2 fully saturated rings. The summed E-state index contributed by atoms with van der Waals surface area (Å²) in [5.41, 5.74) is 7.68. The second-order valence-corrected chi connectivity index (χ2v) is 6.28. The summed E-state index contributed by atoms with van der Waals surface area (Å²) in [7, 11) is 0. The number of halogens is 1. The van der Waals surface area contributed by atoms with Gasteiger partial charge in [-0.15, -0.1) is 0 Å². The Labute approximate surface area is 118 Å². The van der Waals surface area contributed by atoms with Crippen LogP contribution in [0.15, 0.2) is 18.2 Å². The van der Waals surface area contributed by atoms with Gasteiger partial charge in [-0.3, -0.25) is 0 Å². The van der Waals surface area contributed by atoms with E-state index in [2.05, 4.69) is 5.32 Å². The van der Waals surface area contributed by atoms with Gasteiger partial charge in [-0.1, -0.05) is 23.8 Å². The molecule has 0 aliphatic heterocycles. The minimum Gasteiger partial charge on any atom is -0.389 e. The molecule has 2 nitrogen and oxygen atoms in total. The standard InChI is InChI=1S/C14H17ClN2S/c15-10-5-6-12(11(7-10)14(16)18)17-13(8-1-2-8)9-3-4-9/h5-9,13,17H,1-4H2,(H2,16,18). The first-order chi connectivity index (χ1) is 8.65. The molecule has 96 valence electrons. The van der Waals surface area contributed by atoms with Crippen LogP contribution in [-0.2, 0) is 0 Å². The first kappa shape index (κ1) is 12.2. The van der Waals surface area contributed by atoms with Crippen molar-refractivity contribution in [2.24, 2.45) is 17.6 Å². The van der Waals surface area contributed by atoms with Crippen LogP contribution in [0.4, 0.5) is 5.69 Å². The molecule has 0 aromatic heterocycles. The first-order valence-corrected chi connectivity index (χ1v) is 7.29. The van der Waals surface area contributed by atoms with Crippen molar-refractivity contribution in [2.45, 2.75) is 31.7 Å². The lowest BCUT2D eigenvalue weighted by atomic mass is 10.1. The quantitative estimate of drug-likeness (QED) is 0.810. The fourth-order valence-corrected chi connectivity index (χ4v) is 2.90. The van der Waals surface area contributed by atoms with Gasteiger partial charge < -0.3 is 11.1 Å². The molecule has 3 N–H and O–H groups in total. The fourth-order valence-electron chi connectivity index (χ4n) is 2.56. The number of rotatable bonds is 5. The van der Waals surface area contributed by atoms with Crippen LogP contribution in [0, 0.1) is 11.8 Å². The van der Waals surface area contributed by atoms with E-state index >= 15 is 0 Å². The lowest BCUT2D eigenvalue weighted by Gasteiger charge is -2.21. The maximum Gasteiger partial charge on any atom is 0.106 e. The number of hydrogen-bond donors (Lipinski definition) is 2. The Hall–Kier alpha value is -0.800. The van der Waals surface area contributed by atoms with Crippen molar-refractivity contribution >= 4 is 34.5 Å². The van der Waals surface area contributed by atoms with E-state index in [9.17, 15) is 0 Å². The van der Waals surface area contributed by atoms with Crippen molar-refractivity contribution in [3.8, 4) is 0 Å². The van der Waals surface area contributed by atoms with Gasteiger partial charge in [-0.2, -0.15) is 0 Å². The van der Waals surface area contributed by atoms with Gasteiger partial charge in [0.1, 0.15) is 4.99 Å². The van der Waals surface area contributed by atoms with Crippen LogP contribution in [0.3, 0.4) is 0 Å². The zero-order valence-corrected chi connectivity index (χ0v) is 11.7. The zero-order valence-electron chi connectivity index (χ0n) is 10.2. The summed E-state index contributed by atoms with van der Waals surface area (Å²) in [6.07, 6.45) is 5.41. The Morgan fingerprint density at radius 3 is 2.39 bits per heavy atom. The number of nitrogens with one attached hydrogen (secondary N) is 1. The van der Waals surface area contributed by atoms with E-state index in [1.54, 1.807) is 0 Å². The predicted octanol–water partition coefficient (Wildman–Crippen LogP) is 3.57. The molecular formula is C14H17ClN2S. The second-order valence-electron chi connectivity index (χ2n) is 5.40. The van der Waals surface area contributed by atoms with E-state index in [1.165, 1.54) is 25.7 Å². The average molecular weight is 281 g/mol. The molecule has 0 spiro atoms. The van der Waals surface area contributed by atoms with E-state index in [0.717, 1.165) is 23.1 Å². The van der Waals surface area contributed by atoms with Crippen LogP contribution in [0.5, 0.6) is 0 Å². The number of thiocarbonyl (C=S) groups is 1. The molecule has 2 aliphatic rings. The summed E-state index contributed by atoms with van der Waals surface area (Å²) < 4.78 is 0. The number of anilines is 1. The van der Waals surface area contributed by atoms with E-state index in [-0.39, 0.29) is 0 Å². The lowest BCUT2D eigenvalue weighted by molar-refractivity contribution is 0.568. The topological polar surface area (TPSA) is 38.0 Å². The minimum atomic E-state index is 0.408. The van der Waals surface area contributed by atoms with Crippen molar-refractivity contribution in [1.29, 1.82) is 0 Å². The summed E-state index contributed by atoms with van der Waals surface area (Å²) >= 11 is 11.1. The largest absolute Gasteiger partial charge is 0.389 e. The van der Waals surface area contributed by atoms with Gasteiger partial charge >= 0.3 is 0 Å². The molecule has 0 unspecified atom stereocenters. The van der Waals surface area contributed by atoms with Gasteiger partial charge in [0.05, 0.1) is 0 Å². The molecule has 0 radical (unpaired) electrons. The summed E-state index contributed by atoms with van der Waals surface area (Å²) in [4.78, 5) is 0.408. The third-order valence-electron chi connectivity index (χ3n) is 3.83. The van der Waals surface area contributed by atoms with E-state index < -0.39 is 0 Å². The van der Waals surface area contributed by atoms with Crippen molar-refractivity contribution < 1.29 is 0 Å². The molecule has 1 aromatic carbocycles. The smallest absolute Gasteiger partial charge is 0.106 e. The van der Waals surface area contributed by atoms with Crippen LogP contribution in [0.1, 0.15) is 31.2 Å². The molecule has 1 aromatic rings. The van der Waals surface area contributed by atoms with Crippen molar-refractivity contribution in [2.75, 3.05) is 5.32 Å². The highest BCUT2D eigenvalue weighted by Crippen LogP contribution is 2.46. The zero-order chi connectivity index (χ0) is 12.7. The van der Waals surface area contributed by atoms with Gasteiger partial charge in [0.2, 0.25) is 0 Å². The maximum atomic E-state index is 6.00. The molecule has 0 heterocycles. The highest BCUT2D eigenvalue weighted by Gasteiger charge is 2.41. The van der Waals surface area contributed by atoms with Crippen molar-refractivity contribution in [1.82, 2.24) is 0 Å². The SMILES string of the molecule is NC(=S)c1cc(Cl)ccc1NC(C1CC1)C1CC1. The molecule has 0 atom stereocenters.